The van der Waals surface area contributed by atoms with Gasteiger partial charge in [-0.1, -0.05) is 24.3 Å². The lowest BCUT2D eigenvalue weighted by atomic mass is 10.1. The highest BCUT2D eigenvalue weighted by Crippen LogP contribution is 2.25. The molecule has 5 heteroatoms. The Kier molecular flexibility index (Phi) is 3.68. The summed E-state index contributed by atoms with van der Waals surface area (Å²) in [6.07, 6.45) is 5.89. The molecular weight excluding hydrogens is 294 g/mol. The molecule has 0 saturated heterocycles. The van der Waals surface area contributed by atoms with Crippen LogP contribution in [0.2, 0.25) is 0 Å². The van der Waals surface area contributed by atoms with Crippen LogP contribution in [-0.4, -0.2) is 22.0 Å². The highest BCUT2D eigenvalue weighted by atomic mass is 16.3. The van der Waals surface area contributed by atoms with Gasteiger partial charge in [-0.15, -0.1) is 0 Å². The Balaban J connectivity index is 1.80. The van der Waals surface area contributed by atoms with Crippen LogP contribution >= 0.6 is 0 Å². The first-order valence-corrected chi connectivity index (χ1v) is 6.91. The number of anilines is 1. The lowest BCUT2D eigenvalue weighted by molar-refractivity contribution is -0.119. The minimum absolute atomic E-state index is 0.0648. The molecule has 2 N–H and O–H groups in total. The number of phenols is 2. The number of carbonyl (C=O) groups is 2. The van der Waals surface area contributed by atoms with Crippen LogP contribution in [0.4, 0.5) is 5.69 Å². The first-order chi connectivity index (χ1) is 11.0. The predicted octanol–water partition coefficient (Wildman–Crippen LogP) is 2.70. The molecule has 0 fully saturated rings. The summed E-state index contributed by atoms with van der Waals surface area (Å²) in [5, 5.41) is 19.1. The summed E-state index contributed by atoms with van der Waals surface area (Å²) in [5.74, 6) is -0.586. The number of imide groups is 1. The van der Waals surface area contributed by atoms with Crippen molar-refractivity contribution in [3.8, 4) is 11.5 Å². The van der Waals surface area contributed by atoms with E-state index in [0.717, 1.165) is 10.5 Å². The molecule has 0 saturated carbocycles. The van der Waals surface area contributed by atoms with Crippen LogP contribution in [0.15, 0.2) is 54.6 Å². The third-order valence-corrected chi connectivity index (χ3v) is 3.43. The Morgan fingerprint density at radius 1 is 0.826 bits per heavy atom. The highest BCUT2D eigenvalue weighted by Gasteiger charge is 2.24. The lowest BCUT2D eigenvalue weighted by Gasteiger charge is -2.13. The average Bonchev–Trinajstić information content (AvgIpc) is 2.88. The summed E-state index contributed by atoms with van der Waals surface area (Å²) in [4.78, 5) is 24.3. The van der Waals surface area contributed by atoms with Crippen molar-refractivity contribution in [2.75, 3.05) is 4.90 Å². The summed E-state index contributed by atoms with van der Waals surface area (Å²) in [7, 11) is 0. The maximum absolute atomic E-state index is 11.6. The fraction of sp³-hybridized carbons (Fsp3) is 0. The van der Waals surface area contributed by atoms with E-state index < -0.39 is 0 Å². The van der Waals surface area contributed by atoms with Crippen molar-refractivity contribution in [3.05, 3.63) is 65.7 Å². The van der Waals surface area contributed by atoms with E-state index in [4.69, 9.17) is 0 Å². The van der Waals surface area contributed by atoms with Gasteiger partial charge in [0.2, 0.25) is 0 Å². The topological polar surface area (TPSA) is 77.8 Å². The van der Waals surface area contributed by atoms with Crippen molar-refractivity contribution in [1.82, 2.24) is 0 Å². The summed E-state index contributed by atoms with van der Waals surface area (Å²) in [6.45, 7) is 0. The zero-order valence-electron chi connectivity index (χ0n) is 12.0. The molecular formula is C18H13NO4. The predicted molar refractivity (Wildman–Crippen MR) is 86.8 cm³/mol. The van der Waals surface area contributed by atoms with E-state index in [1.165, 1.54) is 30.4 Å². The lowest BCUT2D eigenvalue weighted by Crippen LogP contribution is -2.29. The van der Waals surface area contributed by atoms with Crippen LogP contribution in [0, 0.1) is 0 Å². The molecule has 3 rings (SSSR count). The third-order valence-electron chi connectivity index (χ3n) is 3.43. The molecule has 0 radical (unpaired) electrons. The van der Waals surface area contributed by atoms with Gasteiger partial charge in [-0.2, -0.15) is 0 Å². The van der Waals surface area contributed by atoms with Crippen molar-refractivity contribution in [3.63, 3.8) is 0 Å². The van der Waals surface area contributed by atoms with Gasteiger partial charge in [-0.05, 0) is 35.9 Å². The Morgan fingerprint density at radius 2 is 1.48 bits per heavy atom. The van der Waals surface area contributed by atoms with E-state index in [9.17, 15) is 19.8 Å². The zero-order chi connectivity index (χ0) is 16.4. The third kappa shape index (κ3) is 2.98. The van der Waals surface area contributed by atoms with Crippen LogP contribution in [0.3, 0.4) is 0 Å². The van der Waals surface area contributed by atoms with Crippen LogP contribution in [-0.2, 0) is 9.59 Å². The van der Waals surface area contributed by atoms with E-state index in [1.54, 1.807) is 36.4 Å². The number of benzene rings is 2. The van der Waals surface area contributed by atoms with Gasteiger partial charge in [-0.3, -0.25) is 9.59 Å². The second-order valence-electron chi connectivity index (χ2n) is 5.01. The molecule has 0 aromatic heterocycles. The maximum atomic E-state index is 11.6. The zero-order valence-corrected chi connectivity index (χ0v) is 12.0. The quantitative estimate of drug-likeness (QED) is 0.519. The number of hydrogen-bond donors (Lipinski definition) is 2. The summed E-state index contributed by atoms with van der Waals surface area (Å²) >= 11 is 0. The number of phenolic OH excluding ortho intramolecular Hbond substituents is 2. The van der Waals surface area contributed by atoms with Gasteiger partial charge in [0.15, 0.2) is 0 Å². The summed E-state index contributed by atoms with van der Waals surface area (Å²) in [5.41, 5.74) is 1.81. The van der Waals surface area contributed by atoms with Crippen LogP contribution in [0.1, 0.15) is 11.1 Å². The Labute approximate surface area is 132 Å². The van der Waals surface area contributed by atoms with E-state index >= 15 is 0 Å². The molecule has 0 spiro atoms. The SMILES string of the molecule is O=C1C=CC(=O)N1c1ccc(C=Cc2cc(O)ccc2O)cc1. The molecule has 0 bridgehead atoms. The Hall–Kier alpha value is -3.34. The fourth-order valence-corrected chi connectivity index (χ4v) is 2.25. The second kappa shape index (κ2) is 5.81. The number of hydrogen-bond acceptors (Lipinski definition) is 4. The fourth-order valence-electron chi connectivity index (χ4n) is 2.25. The number of carbonyl (C=O) groups excluding carboxylic acids is 2. The molecule has 5 nitrogen and oxygen atoms in total. The van der Waals surface area contributed by atoms with Crippen molar-refractivity contribution >= 4 is 29.7 Å². The molecule has 2 aromatic carbocycles. The van der Waals surface area contributed by atoms with Crippen molar-refractivity contribution in [1.29, 1.82) is 0 Å². The molecule has 1 heterocycles. The molecule has 0 unspecified atom stereocenters. The van der Waals surface area contributed by atoms with Gasteiger partial charge < -0.3 is 10.2 Å². The van der Waals surface area contributed by atoms with Gasteiger partial charge >= 0.3 is 0 Å². The molecule has 114 valence electrons. The normalized spacial score (nSPS) is 14.2. The van der Waals surface area contributed by atoms with Crippen LogP contribution in [0.25, 0.3) is 12.2 Å². The number of nitrogens with zero attached hydrogens (tertiary/aromatic N) is 1. The molecule has 2 amide bonds. The van der Waals surface area contributed by atoms with Crippen molar-refractivity contribution in [2.24, 2.45) is 0 Å². The minimum Gasteiger partial charge on any atom is -0.508 e. The van der Waals surface area contributed by atoms with Crippen molar-refractivity contribution in [2.45, 2.75) is 0 Å². The largest absolute Gasteiger partial charge is 0.508 e. The monoisotopic (exact) mass is 307 g/mol. The molecule has 0 aliphatic carbocycles. The standard InChI is InChI=1S/C18H13NO4/c20-15-7-8-16(21)13(11-15)4-1-12-2-5-14(6-3-12)19-17(22)9-10-18(19)23/h1-11,20-21H. The van der Waals surface area contributed by atoms with E-state index in [1.807, 2.05) is 0 Å². The molecule has 1 aliphatic heterocycles. The van der Waals surface area contributed by atoms with E-state index in [-0.39, 0.29) is 23.3 Å². The Morgan fingerprint density at radius 3 is 2.13 bits per heavy atom. The number of aromatic hydroxyl groups is 2. The van der Waals surface area contributed by atoms with Crippen LogP contribution in [0.5, 0.6) is 11.5 Å². The van der Waals surface area contributed by atoms with Gasteiger partial charge in [0, 0.05) is 17.7 Å². The summed E-state index contributed by atoms with van der Waals surface area (Å²) in [6, 6.07) is 11.1. The minimum atomic E-state index is -0.358. The van der Waals surface area contributed by atoms with E-state index in [0.29, 0.717) is 11.3 Å². The molecule has 0 atom stereocenters. The van der Waals surface area contributed by atoms with Crippen molar-refractivity contribution < 1.29 is 19.8 Å². The molecule has 1 aliphatic rings. The Bertz CT molecular complexity index is 817. The first-order valence-electron chi connectivity index (χ1n) is 6.91. The highest BCUT2D eigenvalue weighted by molar-refractivity contribution is 6.28. The van der Waals surface area contributed by atoms with Gasteiger partial charge in [0.05, 0.1) is 5.69 Å². The molecule has 23 heavy (non-hydrogen) atoms. The molecule has 2 aromatic rings. The number of amides is 2. The number of rotatable bonds is 3. The van der Waals surface area contributed by atoms with Gasteiger partial charge in [-0.25, -0.2) is 4.90 Å². The average molecular weight is 307 g/mol. The smallest absolute Gasteiger partial charge is 0.258 e. The first kappa shape index (κ1) is 14.6. The van der Waals surface area contributed by atoms with Gasteiger partial charge in [0.1, 0.15) is 11.5 Å². The van der Waals surface area contributed by atoms with E-state index in [2.05, 4.69) is 0 Å². The van der Waals surface area contributed by atoms with Crippen LogP contribution < -0.4 is 4.90 Å². The maximum Gasteiger partial charge on any atom is 0.258 e. The second-order valence-corrected chi connectivity index (χ2v) is 5.01. The summed E-state index contributed by atoms with van der Waals surface area (Å²) < 4.78 is 0. The van der Waals surface area contributed by atoms with Gasteiger partial charge in [0.25, 0.3) is 11.8 Å².